The van der Waals surface area contributed by atoms with E-state index in [0.717, 1.165) is 6.26 Å². The number of aliphatic hydroxyl groups excluding tert-OH is 1. The molecular formula is C11H12N4O6. The van der Waals surface area contributed by atoms with Crippen LogP contribution in [-0.4, -0.2) is 49.9 Å². The summed E-state index contributed by atoms with van der Waals surface area (Å²) in [6, 6.07) is -1.39. The first-order valence-corrected chi connectivity index (χ1v) is 5.76. The number of hydrogen-bond acceptors (Lipinski definition) is 6. The average Bonchev–Trinajstić information content (AvgIpc) is 2.96. The topological polar surface area (TPSA) is 166 Å². The number of hydrogen-bond donors (Lipinski definition) is 3. The summed E-state index contributed by atoms with van der Waals surface area (Å²) in [4.78, 5) is 39.8. The fourth-order valence-electron chi connectivity index (χ4n) is 1.41. The van der Waals surface area contributed by atoms with Gasteiger partial charge in [0.25, 0.3) is 5.91 Å². The summed E-state index contributed by atoms with van der Waals surface area (Å²) in [5, 5.41) is 20.6. The third-order valence-electron chi connectivity index (χ3n) is 2.43. The van der Waals surface area contributed by atoms with E-state index in [-0.39, 0.29) is 18.7 Å². The Labute approximate surface area is 118 Å². The number of carbonyl (C=O) groups is 3. The van der Waals surface area contributed by atoms with Gasteiger partial charge in [-0.3, -0.25) is 9.59 Å². The first-order chi connectivity index (χ1) is 9.95. The summed E-state index contributed by atoms with van der Waals surface area (Å²) in [6.45, 7) is 0. The smallest absolute Gasteiger partial charge is 0.326 e. The predicted octanol–water partition coefficient (Wildman–Crippen LogP) is -1.07. The Morgan fingerprint density at radius 2 is 2.24 bits per heavy atom. The molecule has 1 aromatic rings. The molecule has 10 nitrogen and oxygen atoms in total. The van der Waals surface area contributed by atoms with Gasteiger partial charge in [-0.25, -0.2) is 9.78 Å². The molecule has 1 aromatic heterocycles. The highest BCUT2D eigenvalue weighted by Gasteiger charge is 2.27. The quantitative estimate of drug-likeness (QED) is 0.312. The molecule has 0 saturated heterocycles. The third-order valence-corrected chi connectivity index (χ3v) is 2.43. The van der Waals surface area contributed by atoms with Gasteiger partial charge < -0.3 is 25.5 Å². The summed E-state index contributed by atoms with van der Waals surface area (Å²) < 4.78 is 4.72. The van der Waals surface area contributed by atoms with Gasteiger partial charge in [0.15, 0.2) is 0 Å². The molecule has 0 aliphatic rings. The molecule has 0 aliphatic carbocycles. The molecule has 0 aliphatic heterocycles. The lowest BCUT2D eigenvalue weighted by molar-refractivity contribution is -0.144. The summed E-state index contributed by atoms with van der Waals surface area (Å²) in [7, 11) is 0. The molecule has 0 saturated carbocycles. The third kappa shape index (κ3) is 4.97. The van der Waals surface area contributed by atoms with E-state index in [1.807, 2.05) is 0 Å². The first-order valence-electron chi connectivity index (χ1n) is 5.76. The van der Waals surface area contributed by atoms with Crippen molar-refractivity contribution in [1.29, 1.82) is 0 Å². The van der Waals surface area contributed by atoms with Crippen LogP contribution in [0.1, 0.15) is 24.8 Å². The molecule has 0 spiro atoms. The Kier molecular flexibility index (Phi) is 5.93. The number of rotatable bonds is 8. The van der Waals surface area contributed by atoms with Crippen LogP contribution in [0.25, 0.3) is 5.53 Å². The lowest BCUT2D eigenvalue weighted by Crippen LogP contribution is -2.43. The number of nitrogens with zero attached hydrogens (tertiary/aromatic N) is 3. The Balaban J connectivity index is 2.61. The second-order valence-corrected chi connectivity index (χ2v) is 3.92. The summed E-state index contributed by atoms with van der Waals surface area (Å²) >= 11 is 0. The van der Waals surface area contributed by atoms with Gasteiger partial charge in [0.05, 0.1) is 6.20 Å². The van der Waals surface area contributed by atoms with Crippen molar-refractivity contribution in [3.05, 3.63) is 23.9 Å². The molecule has 2 atom stereocenters. The second kappa shape index (κ2) is 7.68. The molecule has 1 amide bonds. The number of nitrogens with one attached hydrogen (secondary N) is 1. The number of amides is 1. The molecule has 0 radical (unpaired) electrons. The van der Waals surface area contributed by atoms with Crippen molar-refractivity contribution >= 4 is 23.9 Å². The van der Waals surface area contributed by atoms with E-state index in [1.54, 1.807) is 0 Å². The number of ketones is 1. The zero-order chi connectivity index (χ0) is 15.8. The summed E-state index contributed by atoms with van der Waals surface area (Å²) in [6.07, 6.45) is 0.751. The van der Waals surface area contributed by atoms with E-state index in [2.05, 4.69) is 15.1 Å². The lowest BCUT2D eigenvalue weighted by atomic mass is 10.1. The van der Waals surface area contributed by atoms with Gasteiger partial charge in [-0.15, -0.1) is 0 Å². The molecule has 0 bridgehead atoms. The van der Waals surface area contributed by atoms with Gasteiger partial charge >= 0.3 is 12.2 Å². The van der Waals surface area contributed by atoms with E-state index in [0.29, 0.717) is 6.21 Å². The van der Waals surface area contributed by atoms with Crippen LogP contribution in [0.4, 0.5) is 0 Å². The molecule has 1 rings (SSSR count). The zero-order valence-corrected chi connectivity index (χ0v) is 10.7. The Morgan fingerprint density at radius 3 is 2.76 bits per heavy atom. The lowest BCUT2D eigenvalue weighted by Gasteiger charge is -2.15. The fraction of sp³-hybridized carbons (Fsp3) is 0.364. The second-order valence-electron chi connectivity index (χ2n) is 3.92. The van der Waals surface area contributed by atoms with E-state index in [9.17, 15) is 19.5 Å². The number of Topliss-reactive ketones (excluding diaryl/α,β-unsaturated/α-hetero) is 1. The average molecular weight is 296 g/mol. The van der Waals surface area contributed by atoms with Crippen molar-refractivity contribution in [3.8, 4) is 0 Å². The molecule has 0 fully saturated rings. The van der Waals surface area contributed by atoms with E-state index < -0.39 is 29.8 Å². The van der Waals surface area contributed by atoms with Crippen LogP contribution in [0, 0.1) is 0 Å². The minimum absolute atomic E-state index is 0.232. The van der Waals surface area contributed by atoms with E-state index in [1.165, 1.54) is 6.20 Å². The van der Waals surface area contributed by atoms with Crippen LogP contribution in [-0.2, 0) is 14.4 Å². The van der Waals surface area contributed by atoms with Gasteiger partial charge in [0, 0.05) is 6.42 Å². The molecule has 1 heterocycles. The Morgan fingerprint density at radius 1 is 1.52 bits per heavy atom. The van der Waals surface area contributed by atoms with Crippen molar-refractivity contribution in [1.82, 2.24) is 10.3 Å². The highest BCUT2D eigenvalue weighted by molar-refractivity contribution is 6.25. The highest BCUT2D eigenvalue weighted by Crippen LogP contribution is 2.10. The Hall–Kier alpha value is -2.84. The van der Waals surface area contributed by atoms with Gasteiger partial charge in [-0.1, -0.05) is 0 Å². The van der Waals surface area contributed by atoms with Crippen LogP contribution >= 0.6 is 0 Å². The maximum Gasteiger partial charge on any atom is 0.326 e. The minimum Gasteiger partial charge on any atom is -0.480 e. The molecule has 21 heavy (non-hydrogen) atoms. The molecule has 10 heteroatoms. The Bertz CT molecular complexity index is 563. The molecule has 112 valence electrons. The van der Waals surface area contributed by atoms with Gasteiger partial charge in [0.2, 0.25) is 17.8 Å². The van der Waals surface area contributed by atoms with Crippen LogP contribution in [0.15, 0.2) is 16.9 Å². The van der Waals surface area contributed by atoms with Crippen LogP contribution in [0.3, 0.4) is 0 Å². The number of aliphatic carboxylic acids is 1. The number of aliphatic hydroxyl groups is 1. The summed E-state index contributed by atoms with van der Waals surface area (Å²) in [5.41, 5.74) is 8.15. The van der Waals surface area contributed by atoms with Crippen LogP contribution < -0.4 is 5.32 Å². The monoisotopic (exact) mass is 296 g/mol. The number of carboxylic acid groups (broad SMARTS) is 1. The van der Waals surface area contributed by atoms with Crippen LogP contribution in [0.5, 0.6) is 0 Å². The SMILES string of the molecule is [N-]=[N+]=CC(=O)CC[C@H](NC(=O)[C@H](O)c1ncco1)C(=O)O. The van der Waals surface area contributed by atoms with Crippen molar-refractivity contribution in [2.24, 2.45) is 0 Å². The number of oxazole rings is 1. The maximum absolute atomic E-state index is 11.7. The largest absolute Gasteiger partial charge is 0.480 e. The van der Waals surface area contributed by atoms with Gasteiger partial charge in [0.1, 0.15) is 12.3 Å². The zero-order valence-electron chi connectivity index (χ0n) is 10.7. The summed E-state index contributed by atoms with van der Waals surface area (Å²) in [5.74, 6) is -3.28. The van der Waals surface area contributed by atoms with Gasteiger partial charge in [-0.05, 0) is 6.42 Å². The van der Waals surface area contributed by atoms with Gasteiger partial charge in [-0.2, -0.15) is 4.79 Å². The number of carbonyl (C=O) groups excluding carboxylic acids is 2. The standard InChI is InChI=1S/C11H12N4O6/c12-14-5-6(16)1-2-7(11(19)20)15-9(18)8(17)10-13-3-4-21-10/h3-5,7-8,17H,1-2H2,(H,15,18)(H,19,20)/t7-,8-/m0/s1. The predicted molar refractivity (Wildman–Crippen MR) is 65.0 cm³/mol. The maximum atomic E-state index is 11.7. The molecule has 3 N–H and O–H groups in total. The fourth-order valence-corrected chi connectivity index (χ4v) is 1.41. The van der Waals surface area contributed by atoms with Crippen molar-refractivity contribution in [2.45, 2.75) is 25.0 Å². The molecular weight excluding hydrogens is 284 g/mol. The van der Waals surface area contributed by atoms with E-state index >= 15 is 0 Å². The van der Waals surface area contributed by atoms with Crippen molar-refractivity contribution in [3.63, 3.8) is 0 Å². The molecule has 0 aromatic carbocycles. The first kappa shape index (κ1) is 16.2. The number of carboxylic acids is 1. The van der Waals surface area contributed by atoms with Crippen LogP contribution in [0.2, 0.25) is 0 Å². The normalized spacial score (nSPS) is 12.8. The molecule has 0 unspecified atom stereocenters. The van der Waals surface area contributed by atoms with Crippen molar-refractivity contribution < 1.29 is 33.8 Å². The minimum atomic E-state index is -1.75. The van der Waals surface area contributed by atoms with Crippen molar-refractivity contribution in [2.75, 3.05) is 0 Å². The number of aromatic nitrogens is 1. The van der Waals surface area contributed by atoms with E-state index in [4.69, 9.17) is 15.1 Å². The highest BCUT2D eigenvalue weighted by atomic mass is 16.4.